The zero-order valence-corrected chi connectivity index (χ0v) is 14.6. The van der Waals surface area contributed by atoms with E-state index in [1.54, 1.807) is 5.92 Å². The van der Waals surface area contributed by atoms with E-state index in [-0.39, 0.29) is 58.2 Å². The van der Waals surface area contributed by atoms with Crippen LogP contribution in [0.4, 0.5) is 0 Å². The summed E-state index contributed by atoms with van der Waals surface area (Å²) in [6, 6.07) is 0.738. The Hall–Kier alpha value is 1.77. The van der Waals surface area contributed by atoms with Gasteiger partial charge in [0.05, 0.1) is 0 Å². The maximum absolute atomic E-state index is 2.51. The van der Waals surface area contributed by atoms with Crippen LogP contribution >= 0.6 is 0 Å². The summed E-state index contributed by atoms with van der Waals surface area (Å²) in [5, 5.41) is 0. The summed E-state index contributed by atoms with van der Waals surface area (Å²) in [7, 11) is 0. The van der Waals surface area contributed by atoms with Crippen LogP contribution in [0.2, 0.25) is 0 Å². The van der Waals surface area contributed by atoms with E-state index >= 15 is 0 Å². The molecule has 0 saturated carbocycles. The molecule has 1 aliphatic rings. The largest absolute Gasteiger partial charge is 1.00 e. The van der Waals surface area contributed by atoms with E-state index in [1.165, 1.54) is 19.5 Å². The van der Waals surface area contributed by atoms with Gasteiger partial charge in [-0.15, -0.1) is 6.54 Å². The molecule has 12 heavy (non-hydrogen) atoms. The quantitative estimate of drug-likeness (QED) is 0.571. The third-order valence-corrected chi connectivity index (χ3v) is 2.03. The fourth-order valence-corrected chi connectivity index (χ4v) is 1.28. The summed E-state index contributed by atoms with van der Waals surface area (Å²) in [6.07, 6.45) is 1.32. The van der Waals surface area contributed by atoms with E-state index in [0.29, 0.717) is 0 Å². The Morgan fingerprint density at radius 2 is 1.75 bits per heavy atom. The van der Waals surface area contributed by atoms with E-state index in [9.17, 15) is 0 Å². The van der Waals surface area contributed by atoms with Crippen molar-refractivity contribution < 1.29 is 58.2 Å². The van der Waals surface area contributed by atoms with Crippen LogP contribution in [0, 0.1) is 5.92 Å². The van der Waals surface area contributed by atoms with Gasteiger partial charge in [-0.3, -0.25) is 0 Å². The smallest absolute Gasteiger partial charge is 0.333 e. The van der Waals surface area contributed by atoms with Crippen LogP contribution in [-0.2, 0) is 0 Å². The summed E-state index contributed by atoms with van der Waals surface area (Å²) in [5.74, 6) is 1.64. The number of nitrogens with zero attached hydrogens (tertiary/aromatic N) is 1. The van der Waals surface area contributed by atoms with Crippen molar-refractivity contribution in [2.45, 2.75) is 47.1 Å². The van der Waals surface area contributed by atoms with Crippen LogP contribution < -0.4 is 58.2 Å². The summed E-state index contributed by atoms with van der Waals surface area (Å²) in [5.41, 5.74) is 0. The predicted octanol–water partition coefficient (Wildman–Crippen LogP) is -0.275. The molecule has 1 aliphatic heterocycles. The van der Waals surface area contributed by atoms with Gasteiger partial charge in [0.1, 0.15) is 0 Å². The predicted molar refractivity (Wildman–Crippen MR) is 51.6 cm³/mol. The number of likely N-dealkylation sites (tertiary alicyclic amines) is 1. The summed E-state index contributed by atoms with van der Waals surface area (Å²) < 4.78 is 0. The number of rotatable bonds is 1. The molecule has 68 valence electrons. The van der Waals surface area contributed by atoms with Gasteiger partial charge >= 0.3 is 58.2 Å². The van der Waals surface area contributed by atoms with Gasteiger partial charge in [-0.2, -0.15) is 13.3 Å². The maximum atomic E-state index is 2.51. The molecule has 0 aromatic heterocycles. The second-order valence-electron chi connectivity index (χ2n) is 3.27. The zero-order chi connectivity index (χ0) is 8.85. The monoisotopic (exact) mass is 241 g/mol. The van der Waals surface area contributed by atoms with Crippen LogP contribution in [0.3, 0.4) is 0 Å². The van der Waals surface area contributed by atoms with Crippen LogP contribution in [-0.4, -0.2) is 24.0 Å². The number of hydrogen-bond acceptors (Lipinski definition) is 1. The second-order valence-corrected chi connectivity index (χ2v) is 3.27. The van der Waals surface area contributed by atoms with Gasteiger partial charge in [0.2, 0.25) is 0 Å². The van der Waals surface area contributed by atoms with E-state index in [4.69, 9.17) is 0 Å². The fraction of sp³-hybridized carbons (Fsp3) is 0.900. The van der Waals surface area contributed by atoms with Crippen molar-refractivity contribution >= 4 is 0 Å². The molecule has 1 fully saturated rings. The second kappa shape index (κ2) is 9.33. The van der Waals surface area contributed by atoms with Crippen molar-refractivity contribution in [2.24, 2.45) is 0 Å². The van der Waals surface area contributed by atoms with E-state index in [1.807, 2.05) is 13.8 Å². The number of hydrogen-bond donors (Lipinski definition) is 0. The van der Waals surface area contributed by atoms with Crippen molar-refractivity contribution in [1.29, 1.82) is 0 Å². The van der Waals surface area contributed by atoms with Crippen molar-refractivity contribution in [2.75, 3.05) is 13.1 Å². The Balaban J connectivity index is 0. The van der Waals surface area contributed by atoms with Crippen molar-refractivity contribution in [1.82, 2.24) is 4.90 Å². The molecule has 0 aromatic carbocycles. The molecule has 2 heteroatoms. The SMILES string of the molecule is CC.C[C-]1CCN(C(C)C)C1.[Rb+]. The molecular weight excluding hydrogens is 220 g/mol. The molecule has 0 spiro atoms. The van der Waals surface area contributed by atoms with Crippen LogP contribution in [0.1, 0.15) is 41.0 Å². The molecule has 1 heterocycles. The van der Waals surface area contributed by atoms with Gasteiger partial charge in [-0.05, 0) is 20.4 Å². The van der Waals surface area contributed by atoms with Crippen molar-refractivity contribution in [3.8, 4) is 0 Å². The standard InChI is InChI=1S/C8H16N.C2H6.Rb/c1-7(2)9-5-4-8(3)6-9;1-2;/h7H,4-6H2,1-3H3;1-2H3;/q-1;;+1. The Morgan fingerprint density at radius 1 is 1.25 bits per heavy atom. The third kappa shape index (κ3) is 6.25. The van der Waals surface area contributed by atoms with Gasteiger partial charge < -0.3 is 10.8 Å². The van der Waals surface area contributed by atoms with Crippen LogP contribution in [0.25, 0.3) is 0 Å². The molecular formula is C10H22NRb. The molecule has 0 N–H and O–H groups in total. The Bertz CT molecular complexity index is 93.8. The molecule has 0 unspecified atom stereocenters. The minimum Gasteiger partial charge on any atom is -0.333 e. The third-order valence-electron chi connectivity index (χ3n) is 2.03. The molecule has 0 atom stereocenters. The van der Waals surface area contributed by atoms with Gasteiger partial charge in [-0.25, -0.2) is 0 Å². The molecule has 0 aromatic rings. The van der Waals surface area contributed by atoms with Crippen molar-refractivity contribution in [3.05, 3.63) is 5.92 Å². The first-order valence-corrected chi connectivity index (χ1v) is 4.75. The fourth-order valence-electron chi connectivity index (χ4n) is 1.28. The molecule has 0 aliphatic carbocycles. The molecule has 1 saturated heterocycles. The van der Waals surface area contributed by atoms with Crippen LogP contribution in [0.5, 0.6) is 0 Å². The van der Waals surface area contributed by atoms with E-state index in [0.717, 1.165) is 6.04 Å². The molecule has 0 radical (unpaired) electrons. The normalized spacial score (nSPS) is 18.5. The Morgan fingerprint density at radius 3 is 1.92 bits per heavy atom. The Labute approximate surface area is 127 Å². The first-order chi connectivity index (χ1) is 5.20. The zero-order valence-electron chi connectivity index (χ0n) is 9.65. The van der Waals surface area contributed by atoms with Gasteiger partial charge in [0, 0.05) is 6.04 Å². The van der Waals surface area contributed by atoms with Gasteiger partial charge in [0.25, 0.3) is 0 Å². The minimum absolute atomic E-state index is 0. The average Bonchev–Trinajstić information content (AvgIpc) is 2.40. The first kappa shape index (κ1) is 16.2. The molecule has 1 rings (SSSR count). The van der Waals surface area contributed by atoms with Gasteiger partial charge in [0.15, 0.2) is 0 Å². The topological polar surface area (TPSA) is 3.24 Å². The van der Waals surface area contributed by atoms with Gasteiger partial charge in [-0.1, -0.05) is 13.8 Å². The maximum Gasteiger partial charge on any atom is 1.00 e. The van der Waals surface area contributed by atoms with E-state index in [2.05, 4.69) is 25.7 Å². The molecule has 0 bridgehead atoms. The average molecular weight is 242 g/mol. The summed E-state index contributed by atoms with van der Waals surface area (Å²) in [6.45, 7) is 13.3. The minimum atomic E-state index is 0. The van der Waals surface area contributed by atoms with Crippen LogP contribution in [0.15, 0.2) is 0 Å². The molecule has 0 amide bonds. The van der Waals surface area contributed by atoms with Crippen molar-refractivity contribution in [3.63, 3.8) is 0 Å². The Kier molecular flexibility index (Phi) is 12.6. The summed E-state index contributed by atoms with van der Waals surface area (Å²) in [4.78, 5) is 2.51. The van der Waals surface area contributed by atoms with E-state index < -0.39 is 0 Å². The molecule has 1 nitrogen and oxygen atoms in total. The first-order valence-electron chi connectivity index (χ1n) is 4.75. The summed E-state index contributed by atoms with van der Waals surface area (Å²) >= 11 is 0.